The molecule has 4 nitrogen and oxygen atoms in total. The fourth-order valence-electron chi connectivity index (χ4n) is 1.12. The number of nitrogens with zero attached hydrogens (tertiary/aromatic N) is 1. The first kappa shape index (κ1) is 11.5. The van der Waals surface area contributed by atoms with Gasteiger partial charge in [-0.3, -0.25) is 0 Å². The third-order valence-corrected chi connectivity index (χ3v) is 2.20. The molecule has 0 fully saturated rings. The Morgan fingerprint density at radius 1 is 1.67 bits per heavy atom. The third-order valence-electron chi connectivity index (χ3n) is 1.89. The van der Waals surface area contributed by atoms with Gasteiger partial charge in [-0.25, -0.2) is 4.79 Å². The van der Waals surface area contributed by atoms with Crippen molar-refractivity contribution in [2.45, 2.75) is 6.61 Å². The van der Waals surface area contributed by atoms with E-state index in [1.807, 2.05) is 6.07 Å². The normalized spacial score (nSPS) is 9.47. The number of hydrogen-bond donors (Lipinski definition) is 1. The number of ether oxygens (including phenoxy) is 1. The van der Waals surface area contributed by atoms with E-state index in [4.69, 9.17) is 22.0 Å². The topological polar surface area (TPSA) is 70.3 Å². The standard InChI is InChI=1S/C10H8ClNO3/c1-15-10(14)8-2-7(5-13)6(4-12)3-9(8)11/h2-3,13H,5H2,1H3. The van der Waals surface area contributed by atoms with Gasteiger partial charge in [0.25, 0.3) is 0 Å². The summed E-state index contributed by atoms with van der Waals surface area (Å²) in [6, 6.07) is 4.56. The molecule has 0 unspecified atom stereocenters. The van der Waals surface area contributed by atoms with Crippen LogP contribution in [0.3, 0.4) is 0 Å². The lowest BCUT2D eigenvalue weighted by atomic mass is 10.1. The van der Waals surface area contributed by atoms with Crippen LogP contribution in [0.4, 0.5) is 0 Å². The van der Waals surface area contributed by atoms with Crippen LogP contribution in [0.15, 0.2) is 12.1 Å². The van der Waals surface area contributed by atoms with Gasteiger partial charge in [0.1, 0.15) is 0 Å². The summed E-state index contributed by atoms with van der Waals surface area (Å²) >= 11 is 5.78. The molecular weight excluding hydrogens is 218 g/mol. The molecular formula is C10H8ClNO3. The van der Waals surface area contributed by atoms with Crippen LogP contribution in [0.1, 0.15) is 21.5 Å². The maximum Gasteiger partial charge on any atom is 0.339 e. The molecule has 0 spiro atoms. The molecule has 0 bridgehead atoms. The third kappa shape index (κ3) is 2.27. The Kier molecular flexibility index (Phi) is 3.67. The van der Waals surface area contributed by atoms with Crippen LogP contribution >= 0.6 is 11.6 Å². The quantitative estimate of drug-likeness (QED) is 0.775. The number of aliphatic hydroxyl groups excluding tert-OH is 1. The van der Waals surface area contributed by atoms with E-state index in [0.717, 1.165) is 0 Å². The second-order valence-corrected chi connectivity index (χ2v) is 3.16. The Bertz CT molecular complexity index is 437. The number of carbonyl (C=O) groups is 1. The predicted molar refractivity (Wildman–Crippen MR) is 53.4 cm³/mol. The van der Waals surface area contributed by atoms with E-state index in [1.165, 1.54) is 19.2 Å². The molecule has 78 valence electrons. The fraction of sp³-hybridized carbons (Fsp3) is 0.200. The molecule has 0 aromatic heterocycles. The molecule has 0 aliphatic heterocycles. The van der Waals surface area contributed by atoms with E-state index < -0.39 is 5.97 Å². The predicted octanol–water partition coefficient (Wildman–Crippen LogP) is 1.49. The molecule has 1 aromatic rings. The van der Waals surface area contributed by atoms with Crippen molar-refractivity contribution < 1.29 is 14.6 Å². The van der Waals surface area contributed by atoms with Gasteiger partial charge in [-0.05, 0) is 17.7 Å². The Balaban J connectivity index is 3.33. The summed E-state index contributed by atoms with van der Waals surface area (Å²) in [7, 11) is 1.23. The number of halogens is 1. The van der Waals surface area contributed by atoms with Gasteiger partial charge >= 0.3 is 5.97 Å². The molecule has 5 heteroatoms. The molecule has 0 heterocycles. The van der Waals surface area contributed by atoms with E-state index in [2.05, 4.69) is 4.74 Å². The molecule has 0 aliphatic rings. The summed E-state index contributed by atoms with van der Waals surface area (Å²) in [5.74, 6) is -0.598. The van der Waals surface area contributed by atoms with Crippen molar-refractivity contribution in [2.24, 2.45) is 0 Å². The van der Waals surface area contributed by atoms with E-state index in [-0.39, 0.29) is 22.8 Å². The average molecular weight is 226 g/mol. The van der Waals surface area contributed by atoms with Crippen molar-refractivity contribution in [1.82, 2.24) is 0 Å². The van der Waals surface area contributed by atoms with Crippen LogP contribution in [0.25, 0.3) is 0 Å². The first-order valence-corrected chi connectivity index (χ1v) is 4.43. The van der Waals surface area contributed by atoms with Gasteiger partial charge < -0.3 is 9.84 Å². The maximum atomic E-state index is 11.2. The molecule has 0 aliphatic carbocycles. The lowest BCUT2D eigenvalue weighted by Crippen LogP contribution is -2.04. The zero-order valence-corrected chi connectivity index (χ0v) is 8.71. The molecule has 0 atom stereocenters. The second kappa shape index (κ2) is 4.78. The average Bonchev–Trinajstić information content (AvgIpc) is 2.27. The lowest BCUT2D eigenvalue weighted by Gasteiger charge is -2.06. The van der Waals surface area contributed by atoms with Crippen LogP contribution in [0, 0.1) is 11.3 Å². The molecule has 0 saturated heterocycles. The zero-order valence-electron chi connectivity index (χ0n) is 7.95. The van der Waals surface area contributed by atoms with Crippen LogP contribution in [0.5, 0.6) is 0 Å². The van der Waals surface area contributed by atoms with Crippen molar-refractivity contribution >= 4 is 17.6 Å². The van der Waals surface area contributed by atoms with Gasteiger partial charge in [0.05, 0.1) is 35.9 Å². The Morgan fingerprint density at radius 2 is 2.33 bits per heavy atom. The van der Waals surface area contributed by atoms with E-state index in [9.17, 15) is 4.79 Å². The summed E-state index contributed by atoms with van der Waals surface area (Å²) < 4.78 is 4.50. The number of aliphatic hydroxyl groups is 1. The van der Waals surface area contributed by atoms with Gasteiger partial charge in [-0.2, -0.15) is 5.26 Å². The number of benzene rings is 1. The van der Waals surface area contributed by atoms with Crippen LogP contribution in [0.2, 0.25) is 5.02 Å². The highest BCUT2D eigenvalue weighted by Crippen LogP contribution is 2.22. The Hall–Kier alpha value is -1.57. The highest BCUT2D eigenvalue weighted by atomic mass is 35.5. The lowest BCUT2D eigenvalue weighted by molar-refractivity contribution is 0.0600. The smallest absolute Gasteiger partial charge is 0.339 e. The van der Waals surface area contributed by atoms with Gasteiger partial charge in [0, 0.05) is 0 Å². The fourth-order valence-corrected chi connectivity index (χ4v) is 1.36. The first-order chi connectivity index (χ1) is 7.13. The minimum atomic E-state index is -0.598. The van der Waals surface area contributed by atoms with Crippen molar-refractivity contribution in [2.75, 3.05) is 7.11 Å². The SMILES string of the molecule is COC(=O)c1cc(CO)c(C#N)cc1Cl. The van der Waals surface area contributed by atoms with Gasteiger partial charge in [-0.15, -0.1) is 0 Å². The first-order valence-electron chi connectivity index (χ1n) is 4.05. The summed E-state index contributed by atoms with van der Waals surface area (Å²) in [6.45, 7) is -0.329. The van der Waals surface area contributed by atoms with E-state index in [0.29, 0.717) is 5.56 Å². The van der Waals surface area contributed by atoms with E-state index >= 15 is 0 Å². The number of hydrogen-bond acceptors (Lipinski definition) is 4. The summed E-state index contributed by atoms with van der Waals surface area (Å²) in [5.41, 5.74) is 0.736. The molecule has 0 saturated carbocycles. The maximum absolute atomic E-state index is 11.2. The zero-order chi connectivity index (χ0) is 11.4. The van der Waals surface area contributed by atoms with Gasteiger partial charge in [-0.1, -0.05) is 11.6 Å². The van der Waals surface area contributed by atoms with Crippen LogP contribution in [-0.2, 0) is 11.3 Å². The molecule has 15 heavy (non-hydrogen) atoms. The number of nitriles is 1. The van der Waals surface area contributed by atoms with Crippen LogP contribution in [-0.4, -0.2) is 18.2 Å². The van der Waals surface area contributed by atoms with E-state index in [1.54, 1.807) is 0 Å². The number of methoxy groups -OCH3 is 1. The highest BCUT2D eigenvalue weighted by Gasteiger charge is 2.14. The molecule has 1 rings (SSSR count). The van der Waals surface area contributed by atoms with Gasteiger partial charge in [0.15, 0.2) is 0 Å². The van der Waals surface area contributed by atoms with Crippen molar-refractivity contribution in [3.8, 4) is 6.07 Å². The highest BCUT2D eigenvalue weighted by molar-refractivity contribution is 6.33. The van der Waals surface area contributed by atoms with Crippen molar-refractivity contribution in [3.05, 3.63) is 33.8 Å². The van der Waals surface area contributed by atoms with Crippen molar-refractivity contribution in [3.63, 3.8) is 0 Å². The largest absolute Gasteiger partial charge is 0.465 e. The Labute approximate surface area is 91.7 Å². The molecule has 1 N–H and O–H groups in total. The minimum Gasteiger partial charge on any atom is -0.465 e. The summed E-state index contributed by atoms with van der Waals surface area (Å²) in [4.78, 5) is 11.2. The number of esters is 1. The summed E-state index contributed by atoms with van der Waals surface area (Å²) in [6.07, 6.45) is 0. The molecule has 0 radical (unpaired) electrons. The van der Waals surface area contributed by atoms with Gasteiger partial charge in [0.2, 0.25) is 0 Å². The van der Waals surface area contributed by atoms with Crippen LogP contribution < -0.4 is 0 Å². The van der Waals surface area contributed by atoms with Crippen molar-refractivity contribution in [1.29, 1.82) is 5.26 Å². The molecule has 0 amide bonds. The summed E-state index contributed by atoms with van der Waals surface area (Å²) in [5, 5.41) is 17.8. The minimum absolute atomic E-state index is 0.135. The molecule has 1 aromatic carbocycles. The number of carbonyl (C=O) groups excluding carboxylic acids is 1. The second-order valence-electron chi connectivity index (χ2n) is 2.75. The number of rotatable bonds is 2. The monoisotopic (exact) mass is 225 g/mol. The Morgan fingerprint density at radius 3 is 2.80 bits per heavy atom.